The number of aliphatic imine (C=N–C) groups is 1. The van der Waals surface area contributed by atoms with Crippen LogP contribution in [0.15, 0.2) is 90.3 Å². The van der Waals surface area contributed by atoms with Crippen molar-refractivity contribution >= 4 is 47.4 Å². The highest BCUT2D eigenvalue weighted by Gasteiger charge is 2.39. The second-order valence-electron chi connectivity index (χ2n) is 15.9. The van der Waals surface area contributed by atoms with E-state index in [4.69, 9.17) is 22.3 Å². The summed E-state index contributed by atoms with van der Waals surface area (Å²) < 4.78 is 0. The molecule has 0 spiro atoms. The molecule has 4 aromatic rings. The third-order valence-corrected chi connectivity index (χ3v) is 10.8. The van der Waals surface area contributed by atoms with E-state index in [-0.39, 0.29) is 75.4 Å². The molecule has 5 amide bonds. The summed E-state index contributed by atoms with van der Waals surface area (Å²) in [5.41, 5.74) is 19.8. The molecule has 1 fully saturated rings. The Morgan fingerprint density at radius 1 is 0.833 bits per heavy atom. The Morgan fingerprint density at radius 3 is 2.23 bits per heavy atom. The number of benzene rings is 3. The van der Waals surface area contributed by atoms with Gasteiger partial charge in [0, 0.05) is 49.9 Å². The summed E-state index contributed by atoms with van der Waals surface area (Å²) >= 11 is 0. The van der Waals surface area contributed by atoms with E-state index in [0.717, 1.165) is 5.56 Å². The molecule has 21 nitrogen and oxygen atoms in total. The van der Waals surface area contributed by atoms with Crippen LogP contribution in [-0.2, 0) is 54.6 Å². The number of H-pyrrole nitrogens is 1. The lowest BCUT2D eigenvalue weighted by molar-refractivity contribution is -0.144. The number of nitrogens with two attached hydrogens (primary N) is 3. The van der Waals surface area contributed by atoms with Gasteiger partial charge in [-0.3, -0.25) is 33.8 Å². The number of phenols is 1. The molecule has 2 heterocycles. The van der Waals surface area contributed by atoms with Crippen molar-refractivity contribution in [2.45, 2.75) is 88.1 Å². The molecule has 1 aliphatic rings. The minimum absolute atomic E-state index is 0.0275. The summed E-state index contributed by atoms with van der Waals surface area (Å²) in [6, 6.07) is 14.1. The Kier molecular flexibility index (Phi) is 17.7. The van der Waals surface area contributed by atoms with Crippen molar-refractivity contribution in [3.8, 4) is 5.75 Å². The summed E-state index contributed by atoms with van der Waals surface area (Å²) in [5, 5.41) is 39.7. The fourth-order valence-corrected chi connectivity index (χ4v) is 7.47. The second kappa shape index (κ2) is 23.8. The first-order chi connectivity index (χ1) is 31.6. The van der Waals surface area contributed by atoms with Crippen LogP contribution in [0.4, 0.5) is 0 Å². The number of carboxylic acids is 2. The standard InChI is InChI=1S/C45H55N11O10/c46-33(22-38(58)59)40(61)53-34(8-4-14-50-45(47)48)41(62)51-23-29-17-28(16-27-10-12-32(57)13-11-27)18-30(19-29)39(60)54-35(21-31-24-49-25-52-31)43(64)56-15-5-9-37(56)42(63)55-36(44(65)66)20-26-6-2-1-3-7-26/h1-3,6-7,10-13,17-19,24-25,33-37,57H,4-5,8-9,14-16,20-23,46H2,(H,49,52)(H,51,62)(H,53,61)(H,54,60)(H,55,63)(H,58,59)(H,65,66)(H4,47,48,50)/t33-,34-,35-,36-,37-/m0/s1. The van der Waals surface area contributed by atoms with E-state index < -0.39 is 78.1 Å². The number of aromatic hydroxyl groups is 1. The number of aromatic amines is 1. The normalized spacial score (nSPS) is 15.0. The maximum Gasteiger partial charge on any atom is 0.326 e. The van der Waals surface area contributed by atoms with Crippen LogP contribution in [0.2, 0.25) is 0 Å². The van der Waals surface area contributed by atoms with Crippen molar-refractivity contribution in [3.63, 3.8) is 0 Å². The Balaban J connectivity index is 1.38. The van der Waals surface area contributed by atoms with Crippen molar-refractivity contribution in [1.82, 2.24) is 36.1 Å². The molecule has 14 N–H and O–H groups in total. The number of nitrogens with one attached hydrogen (secondary N) is 5. The van der Waals surface area contributed by atoms with Gasteiger partial charge in [-0.15, -0.1) is 0 Å². The number of carbonyl (C=O) groups is 7. The lowest BCUT2D eigenvalue weighted by Gasteiger charge is -2.29. The molecular formula is C45H55N11O10. The number of amides is 5. The molecule has 0 bridgehead atoms. The molecule has 66 heavy (non-hydrogen) atoms. The highest BCUT2D eigenvalue weighted by molar-refractivity contribution is 5.99. The van der Waals surface area contributed by atoms with Gasteiger partial charge in [0.1, 0.15) is 29.9 Å². The van der Waals surface area contributed by atoms with Gasteiger partial charge < -0.3 is 63.7 Å². The number of phenolic OH excluding ortho intramolecular Hbond substituents is 1. The summed E-state index contributed by atoms with van der Waals surface area (Å²) in [7, 11) is 0. The molecule has 0 radical (unpaired) electrons. The topological polar surface area (TPSA) is 351 Å². The maximum absolute atomic E-state index is 14.4. The second-order valence-corrected chi connectivity index (χ2v) is 15.9. The highest BCUT2D eigenvalue weighted by Crippen LogP contribution is 2.22. The van der Waals surface area contributed by atoms with Crippen LogP contribution in [0.3, 0.4) is 0 Å². The van der Waals surface area contributed by atoms with Crippen LogP contribution in [0.5, 0.6) is 5.75 Å². The number of aliphatic carboxylic acids is 2. The minimum atomic E-state index is -1.43. The van der Waals surface area contributed by atoms with Crippen LogP contribution >= 0.6 is 0 Å². The zero-order chi connectivity index (χ0) is 47.8. The highest BCUT2D eigenvalue weighted by atomic mass is 16.4. The van der Waals surface area contributed by atoms with Gasteiger partial charge in [-0.1, -0.05) is 48.5 Å². The van der Waals surface area contributed by atoms with E-state index in [1.165, 1.54) is 35.6 Å². The Morgan fingerprint density at radius 2 is 1.56 bits per heavy atom. The number of aromatic nitrogens is 2. The van der Waals surface area contributed by atoms with Crippen LogP contribution in [0.25, 0.3) is 0 Å². The summed E-state index contributed by atoms with van der Waals surface area (Å²) in [5.74, 6) is -6.03. The third-order valence-electron chi connectivity index (χ3n) is 10.8. The van der Waals surface area contributed by atoms with E-state index >= 15 is 0 Å². The molecule has 0 saturated carbocycles. The Bertz CT molecular complexity index is 2360. The molecule has 1 aliphatic heterocycles. The number of guanidine groups is 1. The molecule has 3 aromatic carbocycles. The fourth-order valence-electron chi connectivity index (χ4n) is 7.47. The van der Waals surface area contributed by atoms with Gasteiger partial charge in [-0.2, -0.15) is 0 Å². The van der Waals surface area contributed by atoms with E-state index in [2.05, 4.69) is 36.2 Å². The van der Waals surface area contributed by atoms with Crippen LogP contribution < -0.4 is 38.5 Å². The number of hydrogen-bond donors (Lipinski definition) is 11. The van der Waals surface area contributed by atoms with Crippen molar-refractivity contribution in [1.29, 1.82) is 0 Å². The van der Waals surface area contributed by atoms with Crippen LogP contribution in [-0.4, -0.2) is 121 Å². The van der Waals surface area contributed by atoms with Crippen LogP contribution in [0.1, 0.15) is 70.4 Å². The third kappa shape index (κ3) is 14.9. The lowest BCUT2D eigenvalue weighted by Crippen LogP contribution is -2.56. The Hall–Kier alpha value is -7.81. The van der Waals surface area contributed by atoms with E-state index in [1.54, 1.807) is 54.6 Å². The van der Waals surface area contributed by atoms with Gasteiger partial charge in [0.15, 0.2) is 5.96 Å². The first kappa shape index (κ1) is 49.2. The van der Waals surface area contributed by atoms with Gasteiger partial charge in [-0.05, 0) is 78.6 Å². The Labute approximate surface area is 379 Å². The summed E-state index contributed by atoms with van der Waals surface area (Å²) in [6.45, 7) is 0.166. The van der Waals surface area contributed by atoms with E-state index in [1.807, 2.05) is 0 Å². The quantitative estimate of drug-likeness (QED) is 0.0261. The van der Waals surface area contributed by atoms with E-state index in [9.17, 15) is 43.8 Å². The molecule has 1 aromatic heterocycles. The van der Waals surface area contributed by atoms with Gasteiger partial charge >= 0.3 is 11.9 Å². The number of carboxylic acid groups (broad SMARTS) is 2. The molecule has 0 unspecified atom stereocenters. The first-order valence-corrected chi connectivity index (χ1v) is 21.2. The molecular weight excluding hydrogens is 855 g/mol. The summed E-state index contributed by atoms with van der Waals surface area (Å²) in [6.07, 6.45) is 3.56. The monoisotopic (exact) mass is 909 g/mol. The smallest absolute Gasteiger partial charge is 0.326 e. The minimum Gasteiger partial charge on any atom is -0.508 e. The van der Waals surface area contributed by atoms with Crippen molar-refractivity contribution < 1.29 is 48.9 Å². The molecule has 5 rings (SSSR count). The molecule has 5 atom stereocenters. The largest absolute Gasteiger partial charge is 0.508 e. The molecule has 1 saturated heterocycles. The van der Waals surface area contributed by atoms with Crippen molar-refractivity contribution in [3.05, 3.63) is 119 Å². The predicted octanol–water partition coefficient (Wildman–Crippen LogP) is -0.193. The van der Waals surface area contributed by atoms with Gasteiger partial charge in [0.05, 0.1) is 18.8 Å². The molecule has 0 aliphatic carbocycles. The number of hydrogen-bond acceptors (Lipinski definition) is 11. The summed E-state index contributed by atoms with van der Waals surface area (Å²) in [4.78, 5) is 104. The van der Waals surface area contributed by atoms with Crippen LogP contribution in [0, 0.1) is 0 Å². The van der Waals surface area contributed by atoms with Gasteiger partial charge in [0.25, 0.3) is 5.91 Å². The first-order valence-electron chi connectivity index (χ1n) is 21.2. The van der Waals surface area contributed by atoms with Gasteiger partial charge in [0.2, 0.25) is 23.6 Å². The number of imidazole rings is 1. The SMILES string of the molecule is NC(N)=NCCC[C@H](NC(=O)[C@@H](N)CC(=O)O)C(=O)NCc1cc(Cc2ccc(O)cc2)cc(C(=O)N[C@@H](Cc2cnc[nH]2)C(=O)N2CCC[C@H]2C(=O)N[C@@H](Cc2ccccc2)C(=O)O)c1. The molecule has 21 heteroatoms. The number of nitrogens with zero attached hydrogens (tertiary/aromatic N) is 3. The van der Waals surface area contributed by atoms with Gasteiger partial charge in [-0.25, -0.2) is 9.78 Å². The number of likely N-dealkylation sites (tertiary alicyclic amines) is 1. The van der Waals surface area contributed by atoms with Crippen molar-refractivity contribution in [2.75, 3.05) is 13.1 Å². The lowest BCUT2D eigenvalue weighted by atomic mass is 9.98. The van der Waals surface area contributed by atoms with Crippen molar-refractivity contribution in [2.24, 2.45) is 22.2 Å². The zero-order valence-electron chi connectivity index (χ0n) is 36.0. The average molecular weight is 910 g/mol. The maximum atomic E-state index is 14.4. The average Bonchev–Trinajstić information content (AvgIpc) is 4.00. The predicted molar refractivity (Wildman–Crippen MR) is 239 cm³/mol. The van der Waals surface area contributed by atoms with E-state index in [0.29, 0.717) is 28.8 Å². The number of rotatable bonds is 23. The number of carbonyl (C=O) groups excluding carboxylic acids is 5. The zero-order valence-corrected chi connectivity index (χ0v) is 36.0. The fraction of sp³-hybridized carbons (Fsp3) is 0.356. The molecule has 350 valence electrons.